The molecule has 0 aliphatic rings. The van der Waals surface area contributed by atoms with Crippen molar-refractivity contribution in [1.82, 2.24) is 5.32 Å². The molecule has 5 heteroatoms. The number of carbonyl (C=O) groups excluding carboxylic acids is 1. The van der Waals surface area contributed by atoms with Crippen molar-refractivity contribution in [1.29, 1.82) is 0 Å². The largest absolute Gasteiger partial charge is 0.489 e. The molecule has 0 saturated carbocycles. The van der Waals surface area contributed by atoms with E-state index in [1.807, 2.05) is 45.0 Å². The average Bonchev–Trinajstić information content (AvgIpc) is 2.50. The van der Waals surface area contributed by atoms with Crippen LogP contribution in [0.1, 0.15) is 27.2 Å². The summed E-state index contributed by atoms with van der Waals surface area (Å²) in [7, 11) is 0. The van der Waals surface area contributed by atoms with E-state index in [9.17, 15) is 4.79 Å². The van der Waals surface area contributed by atoms with Crippen molar-refractivity contribution >= 4 is 11.6 Å². The number of benzene rings is 1. The molecule has 0 aliphatic heterocycles. The normalized spacial score (nSPS) is 11.8. The van der Waals surface area contributed by atoms with E-state index in [2.05, 4.69) is 10.6 Å². The summed E-state index contributed by atoms with van der Waals surface area (Å²) in [6.45, 7) is 7.94. The molecule has 1 aromatic carbocycles. The standard InChI is InChI=1S/C16H26N2O3/c1-4-13(3)18-16(19)12-17-14-8-6-7-9-15(14)21-11-10-20-5-2/h6-9,13,17H,4-5,10-12H2,1-3H3,(H,18,19). The third-order valence-electron chi connectivity index (χ3n) is 3.04. The minimum absolute atomic E-state index is 0.0199. The fourth-order valence-electron chi connectivity index (χ4n) is 1.70. The molecule has 21 heavy (non-hydrogen) atoms. The predicted octanol–water partition coefficient (Wildman–Crippen LogP) is 2.43. The zero-order valence-corrected chi connectivity index (χ0v) is 13.1. The summed E-state index contributed by atoms with van der Waals surface area (Å²) in [6, 6.07) is 7.77. The maximum atomic E-state index is 11.8. The summed E-state index contributed by atoms with van der Waals surface area (Å²) in [5.41, 5.74) is 0.813. The van der Waals surface area contributed by atoms with E-state index in [0.29, 0.717) is 19.8 Å². The van der Waals surface area contributed by atoms with E-state index in [4.69, 9.17) is 9.47 Å². The fourth-order valence-corrected chi connectivity index (χ4v) is 1.70. The first-order chi connectivity index (χ1) is 10.2. The number of rotatable bonds is 10. The third-order valence-corrected chi connectivity index (χ3v) is 3.04. The number of ether oxygens (including phenoxy) is 2. The van der Waals surface area contributed by atoms with Gasteiger partial charge in [-0.15, -0.1) is 0 Å². The van der Waals surface area contributed by atoms with Crippen LogP contribution in [0.2, 0.25) is 0 Å². The second kappa shape index (κ2) is 10.0. The van der Waals surface area contributed by atoms with E-state index in [1.165, 1.54) is 0 Å². The summed E-state index contributed by atoms with van der Waals surface area (Å²) in [4.78, 5) is 11.8. The number of nitrogens with one attached hydrogen (secondary N) is 2. The predicted molar refractivity (Wildman–Crippen MR) is 84.8 cm³/mol. The molecule has 118 valence electrons. The number of anilines is 1. The number of para-hydroxylation sites is 2. The van der Waals surface area contributed by atoms with Crippen LogP contribution in [0.3, 0.4) is 0 Å². The van der Waals surface area contributed by atoms with Gasteiger partial charge in [0, 0.05) is 12.6 Å². The fraction of sp³-hybridized carbons (Fsp3) is 0.562. The minimum atomic E-state index is -0.0199. The lowest BCUT2D eigenvalue weighted by atomic mass is 10.2. The van der Waals surface area contributed by atoms with Gasteiger partial charge in [0.05, 0.1) is 18.8 Å². The average molecular weight is 294 g/mol. The Kier molecular flexibility index (Phi) is 8.28. The van der Waals surface area contributed by atoms with Gasteiger partial charge in [0.25, 0.3) is 0 Å². The Morgan fingerprint density at radius 1 is 1.24 bits per heavy atom. The maximum Gasteiger partial charge on any atom is 0.239 e. The highest BCUT2D eigenvalue weighted by molar-refractivity contribution is 5.81. The van der Waals surface area contributed by atoms with Crippen molar-refractivity contribution < 1.29 is 14.3 Å². The Hall–Kier alpha value is -1.75. The lowest BCUT2D eigenvalue weighted by Gasteiger charge is -2.15. The molecule has 1 aromatic rings. The van der Waals surface area contributed by atoms with Crippen molar-refractivity contribution in [2.75, 3.05) is 31.7 Å². The molecule has 0 spiro atoms. The first-order valence-corrected chi connectivity index (χ1v) is 7.50. The summed E-state index contributed by atoms with van der Waals surface area (Å²) < 4.78 is 10.9. The van der Waals surface area contributed by atoms with E-state index >= 15 is 0 Å². The van der Waals surface area contributed by atoms with Crippen LogP contribution in [0.25, 0.3) is 0 Å². The summed E-state index contributed by atoms with van der Waals surface area (Å²) in [5.74, 6) is 0.710. The Balaban J connectivity index is 2.45. The van der Waals surface area contributed by atoms with Gasteiger partial charge in [0.1, 0.15) is 12.4 Å². The van der Waals surface area contributed by atoms with Crippen LogP contribution in [-0.4, -0.2) is 38.3 Å². The van der Waals surface area contributed by atoms with Gasteiger partial charge in [-0.25, -0.2) is 0 Å². The lowest BCUT2D eigenvalue weighted by molar-refractivity contribution is -0.120. The van der Waals surface area contributed by atoms with E-state index in [0.717, 1.165) is 17.9 Å². The molecule has 0 heterocycles. The van der Waals surface area contributed by atoms with E-state index in [1.54, 1.807) is 0 Å². The summed E-state index contributed by atoms with van der Waals surface area (Å²) in [5, 5.41) is 6.02. The van der Waals surface area contributed by atoms with Crippen molar-refractivity contribution in [2.24, 2.45) is 0 Å². The molecule has 2 N–H and O–H groups in total. The Morgan fingerprint density at radius 3 is 2.71 bits per heavy atom. The van der Waals surface area contributed by atoms with Gasteiger partial charge in [0.2, 0.25) is 5.91 Å². The minimum Gasteiger partial charge on any atom is -0.489 e. The first kappa shape index (κ1) is 17.3. The summed E-state index contributed by atoms with van der Waals surface area (Å²) >= 11 is 0. The maximum absolute atomic E-state index is 11.8. The lowest BCUT2D eigenvalue weighted by Crippen LogP contribution is -2.36. The van der Waals surface area contributed by atoms with Gasteiger partial charge in [0.15, 0.2) is 0 Å². The van der Waals surface area contributed by atoms with Crippen molar-refractivity contribution in [2.45, 2.75) is 33.2 Å². The number of amides is 1. The molecule has 0 aliphatic carbocycles. The van der Waals surface area contributed by atoms with Crippen molar-refractivity contribution in [3.63, 3.8) is 0 Å². The van der Waals surface area contributed by atoms with Crippen LogP contribution in [0, 0.1) is 0 Å². The second-order valence-corrected chi connectivity index (χ2v) is 4.77. The highest BCUT2D eigenvalue weighted by Gasteiger charge is 2.07. The highest BCUT2D eigenvalue weighted by Crippen LogP contribution is 2.23. The SMILES string of the molecule is CCOCCOc1ccccc1NCC(=O)NC(C)CC. The molecule has 0 saturated heterocycles. The van der Waals surface area contributed by atoms with E-state index < -0.39 is 0 Å². The second-order valence-electron chi connectivity index (χ2n) is 4.77. The van der Waals surface area contributed by atoms with Gasteiger partial charge in [-0.1, -0.05) is 19.1 Å². The molecule has 1 amide bonds. The molecule has 0 aromatic heterocycles. The molecular weight excluding hydrogens is 268 g/mol. The molecule has 1 rings (SSSR count). The molecule has 0 radical (unpaired) electrons. The van der Waals surface area contributed by atoms with Crippen LogP contribution >= 0.6 is 0 Å². The zero-order chi connectivity index (χ0) is 15.5. The van der Waals surface area contributed by atoms with Gasteiger partial charge >= 0.3 is 0 Å². The smallest absolute Gasteiger partial charge is 0.239 e. The first-order valence-electron chi connectivity index (χ1n) is 7.50. The monoisotopic (exact) mass is 294 g/mol. The van der Waals surface area contributed by atoms with Gasteiger partial charge < -0.3 is 20.1 Å². The van der Waals surface area contributed by atoms with Crippen LogP contribution in [0.5, 0.6) is 5.75 Å². The number of hydrogen-bond acceptors (Lipinski definition) is 4. The number of hydrogen-bond donors (Lipinski definition) is 2. The van der Waals surface area contributed by atoms with E-state index in [-0.39, 0.29) is 18.5 Å². The molecule has 0 fully saturated rings. The van der Waals surface area contributed by atoms with Crippen LogP contribution in [0.15, 0.2) is 24.3 Å². The number of carbonyl (C=O) groups is 1. The van der Waals surface area contributed by atoms with Crippen LogP contribution in [-0.2, 0) is 9.53 Å². The molecule has 5 nitrogen and oxygen atoms in total. The van der Waals surface area contributed by atoms with Crippen LogP contribution < -0.4 is 15.4 Å². The topological polar surface area (TPSA) is 59.6 Å². The van der Waals surface area contributed by atoms with Crippen LogP contribution in [0.4, 0.5) is 5.69 Å². The van der Waals surface area contributed by atoms with Crippen molar-refractivity contribution in [3.05, 3.63) is 24.3 Å². The molecule has 1 unspecified atom stereocenters. The van der Waals surface area contributed by atoms with Crippen molar-refractivity contribution in [3.8, 4) is 5.75 Å². The Morgan fingerprint density at radius 2 is 2.00 bits per heavy atom. The molecular formula is C16H26N2O3. The van der Waals surface area contributed by atoms with Gasteiger partial charge in [-0.05, 0) is 32.4 Å². The quantitative estimate of drug-likeness (QED) is 0.651. The molecule has 0 bridgehead atoms. The van der Waals surface area contributed by atoms with Gasteiger partial charge in [-0.2, -0.15) is 0 Å². The zero-order valence-electron chi connectivity index (χ0n) is 13.1. The summed E-state index contributed by atoms with van der Waals surface area (Å²) in [6.07, 6.45) is 0.920. The third kappa shape index (κ3) is 6.99. The Labute approximate surface area is 127 Å². The Bertz CT molecular complexity index is 424. The van der Waals surface area contributed by atoms with Gasteiger partial charge in [-0.3, -0.25) is 4.79 Å². The molecule has 1 atom stereocenters. The highest BCUT2D eigenvalue weighted by atomic mass is 16.5.